The zero-order valence-corrected chi connectivity index (χ0v) is 18.5. The largest absolute Gasteiger partial charge is 0.414 e. The number of amides is 1. The average Bonchev–Trinajstić information content (AvgIpc) is 3.30. The first-order chi connectivity index (χ1) is 15.6. The Labute approximate surface area is 195 Å². The summed E-state index contributed by atoms with van der Waals surface area (Å²) in [6.07, 6.45) is 0.660. The van der Waals surface area contributed by atoms with Crippen molar-refractivity contribution < 1.29 is 9.21 Å². The molecular weight excluding hydrogens is 447 g/mol. The number of rotatable bonds is 8. The first kappa shape index (κ1) is 21.9. The van der Waals surface area contributed by atoms with Crippen molar-refractivity contribution in [2.45, 2.75) is 12.5 Å². The number of hydrogen-bond donors (Lipinski definition) is 2. The van der Waals surface area contributed by atoms with Gasteiger partial charge in [-0.2, -0.15) is 0 Å². The van der Waals surface area contributed by atoms with E-state index in [1.54, 1.807) is 12.1 Å². The van der Waals surface area contributed by atoms with Crippen LogP contribution in [0.3, 0.4) is 0 Å². The highest BCUT2D eigenvalue weighted by Gasteiger charge is 2.23. The van der Waals surface area contributed by atoms with E-state index in [1.165, 1.54) is 0 Å². The molecule has 2 N–H and O–H groups in total. The van der Waals surface area contributed by atoms with E-state index in [2.05, 4.69) is 20.8 Å². The topological polar surface area (TPSA) is 80.0 Å². The third kappa shape index (κ3) is 5.66. The van der Waals surface area contributed by atoms with Crippen LogP contribution in [0.2, 0.25) is 10.0 Å². The van der Waals surface area contributed by atoms with Gasteiger partial charge in [0.15, 0.2) is 0 Å². The number of nitrogens with zero attached hydrogens (tertiary/aromatic N) is 2. The van der Waals surface area contributed by atoms with E-state index in [4.69, 9.17) is 27.6 Å². The fourth-order valence-corrected chi connectivity index (χ4v) is 3.39. The van der Waals surface area contributed by atoms with Crippen LogP contribution in [0.25, 0.3) is 0 Å². The zero-order valence-electron chi connectivity index (χ0n) is 17.0. The lowest BCUT2D eigenvalue weighted by molar-refractivity contribution is 0.0917. The van der Waals surface area contributed by atoms with Crippen LogP contribution < -0.4 is 10.6 Å². The number of anilines is 1. The monoisotopic (exact) mass is 466 g/mol. The summed E-state index contributed by atoms with van der Waals surface area (Å²) in [6.45, 7) is 0.432. The molecular formula is C24H20Cl2N4O2. The maximum Gasteiger partial charge on any atom is 0.308 e. The van der Waals surface area contributed by atoms with Gasteiger partial charge in [-0.1, -0.05) is 65.7 Å². The summed E-state index contributed by atoms with van der Waals surface area (Å²) < 4.78 is 5.74. The number of carbonyl (C=O) groups is 1. The van der Waals surface area contributed by atoms with Crippen molar-refractivity contribution in [2.24, 2.45) is 0 Å². The number of benzene rings is 3. The van der Waals surface area contributed by atoms with Gasteiger partial charge in [-0.3, -0.25) is 4.79 Å². The molecule has 6 nitrogen and oxygen atoms in total. The predicted molar refractivity (Wildman–Crippen MR) is 125 cm³/mol. The van der Waals surface area contributed by atoms with Crippen LogP contribution >= 0.6 is 23.2 Å². The molecule has 8 heteroatoms. The smallest absolute Gasteiger partial charge is 0.308 e. The molecule has 0 spiro atoms. The Morgan fingerprint density at radius 3 is 2.22 bits per heavy atom. The van der Waals surface area contributed by atoms with Gasteiger partial charge in [0.25, 0.3) is 0 Å². The van der Waals surface area contributed by atoms with Crippen LogP contribution in [0, 0.1) is 0 Å². The summed E-state index contributed by atoms with van der Waals surface area (Å²) in [6, 6.07) is 24.0. The minimum Gasteiger partial charge on any atom is -0.414 e. The Bertz CT molecular complexity index is 1160. The fourth-order valence-electron chi connectivity index (χ4n) is 3.13. The molecule has 0 saturated heterocycles. The van der Waals surface area contributed by atoms with Gasteiger partial charge < -0.3 is 15.1 Å². The Morgan fingerprint density at radius 1 is 0.875 bits per heavy atom. The Morgan fingerprint density at radius 2 is 1.53 bits per heavy atom. The molecule has 0 aliphatic rings. The maximum absolute atomic E-state index is 12.5. The van der Waals surface area contributed by atoms with Crippen LogP contribution in [0.5, 0.6) is 0 Å². The van der Waals surface area contributed by atoms with Crippen molar-refractivity contribution in [3.8, 4) is 0 Å². The third-order valence-corrected chi connectivity index (χ3v) is 5.29. The third-order valence-electron chi connectivity index (χ3n) is 4.78. The highest BCUT2D eigenvalue weighted by molar-refractivity contribution is 6.30. The van der Waals surface area contributed by atoms with Gasteiger partial charge in [-0.15, -0.1) is 10.2 Å². The number of aromatic nitrogens is 2. The van der Waals surface area contributed by atoms with Gasteiger partial charge >= 0.3 is 11.8 Å². The van der Waals surface area contributed by atoms with Crippen LogP contribution in [-0.2, 0) is 6.42 Å². The minimum atomic E-state index is -0.446. The number of nitrogens with one attached hydrogen (secondary N) is 2. The van der Waals surface area contributed by atoms with Crippen LogP contribution in [0.1, 0.15) is 33.7 Å². The molecule has 162 valence electrons. The molecule has 4 rings (SSSR count). The zero-order chi connectivity index (χ0) is 22.3. The van der Waals surface area contributed by atoms with Crippen LogP contribution in [-0.4, -0.2) is 22.6 Å². The van der Waals surface area contributed by atoms with Crippen molar-refractivity contribution in [1.29, 1.82) is 0 Å². The van der Waals surface area contributed by atoms with Crippen molar-refractivity contribution in [1.82, 2.24) is 15.5 Å². The number of halogens is 2. The maximum atomic E-state index is 12.5. The van der Waals surface area contributed by atoms with Gasteiger partial charge in [-0.05, 0) is 53.9 Å². The van der Waals surface area contributed by atoms with Crippen LogP contribution in [0.15, 0.2) is 83.3 Å². The minimum absolute atomic E-state index is 0.0927. The lowest BCUT2D eigenvalue weighted by Gasteiger charge is -2.17. The van der Waals surface area contributed by atoms with Gasteiger partial charge in [0.1, 0.15) is 6.04 Å². The van der Waals surface area contributed by atoms with Crippen LogP contribution in [0.4, 0.5) is 5.69 Å². The quantitative estimate of drug-likeness (QED) is 0.355. The lowest BCUT2D eigenvalue weighted by Crippen LogP contribution is -2.26. The second kappa shape index (κ2) is 10.3. The van der Waals surface area contributed by atoms with Gasteiger partial charge in [0.05, 0.1) is 0 Å². The van der Waals surface area contributed by atoms with Gasteiger partial charge in [0.2, 0.25) is 5.89 Å². The van der Waals surface area contributed by atoms with E-state index in [9.17, 15) is 4.79 Å². The molecule has 1 atom stereocenters. The molecule has 32 heavy (non-hydrogen) atoms. The van der Waals surface area contributed by atoms with E-state index in [1.807, 2.05) is 66.7 Å². The molecule has 0 bridgehead atoms. The molecule has 0 aliphatic carbocycles. The highest BCUT2D eigenvalue weighted by atomic mass is 35.5. The summed E-state index contributed by atoms with van der Waals surface area (Å²) in [5.41, 5.74) is 2.81. The van der Waals surface area contributed by atoms with Crippen molar-refractivity contribution in [3.05, 3.63) is 112 Å². The second-order valence-electron chi connectivity index (χ2n) is 7.07. The predicted octanol–water partition coefficient (Wildman–Crippen LogP) is 5.55. The molecule has 0 unspecified atom stereocenters. The van der Waals surface area contributed by atoms with Gasteiger partial charge in [0, 0.05) is 22.3 Å². The summed E-state index contributed by atoms with van der Waals surface area (Å²) in [7, 11) is 0. The lowest BCUT2D eigenvalue weighted by atomic mass is 10.1. The molecule has 0 fully saturated rings. The first-order valence-electron chi connectivity index (χ1n) is 10.0. The number of carbonyl (C=O) groups excluding carboxylic acids is 1. The number of hydrogen-bond acceptors (Lipinski definition) is 5. The van der Waals surface area contributed by atoms with E-state index in [0.29, 0.717) is 23.0 Å². The normalized spacial score (nSPS) is 11.7. The molecule has 3 aromatic carbocycles. The average molecular weight is 467 g/mol. The van der Waals surface area contributed by atoms with Gasteiger partial charge in [-0.25, -0.2) is 0 Å². The second-order valence-corrected chi connectivity index (χ2v) is 7.95. The standard InChI is InChI=1S/C24H20Cl2N4O2/c25-18-10-6-16(7-11-18)14-15-27-22(31)24-30-29-23(32-24)21(17-8-12-19(26)13-9-17)28-20-4-2-1-3-5-20/h1-13,21,28H,14-15H2,(H,27,31)/t21-/m0/s1. The number of para-hydroxylation sites is 1. The Hall–Kier alpha value is -3.35. The molecule has 0 radical (unpaired) electrons. The molecule has 1 aromatic heterocycles. The molecule has 0 saturated carbocycles. The summed E-state index contributed by atoms with van der Waals surface area (Å²) in [5.74, 6) is -0.240. The van der Waals surface area contributed by atoms with E-state index in [0.717, 1.165) is 16.8 Å². The van der Waals surface area contributed by atoms with E-state index < -0.39 is 11.9 Å². The van der Waals surface area contributed by atoms with E-state index >= 15 is 0 Å². The first-order valence-corrected chi connectivity index (χ1v) is 10.8. The molecule has 0 aliphatic heterocycles. The highest BCUT2D eigenvalue weighted by Crippen LogP contribution is 2.27. The van der Waals surface area contributed by atoms with Crippen molar-refractivity contribution >= 4 is 34.8 Å². The molecule has 4 aromatic rings. The summed E-state index contributed by atoms with van der Waals surface area (Å²) in [5, 5.41) is 15.5. The SMILES string of the molecule is O=C(NCCc1ccc(Cl)cc1)c1nnc([C@@H](Nc2ccccc2)c2ccc(Cl)cc2)o1. The summed E-state index contributed by atoms with van der Waals surface area (Å²) in [4.78, 5) is 12.5. The van der Waals surface area contributed by atoms with Crippen molar-refractivity contribution in [2.75, 3.05) is 11.9 Å². The molecule has 1 heterocycles. The summed E-state index contributed by atoms with van der Waals surface area (Å²) >= 11 is 11.9. The van der Waals surface area contributed by atoms with Crippen molar-refractivity contribution in [3.63, 3.8) is 0 Å². The Balaban J connectivity index is 1.46. The van der Waals surface area contributed by atoms with E-state index in [-0.39, 0.29) is 11.8 Å². The Kier molecular flexibility index (Phi) is 7.04. The fraction of sp³-hybridized carbons (Fsp3) is 0.125. The molecule has 1 amide bonds.